The van der Waals surface area contributed by atoms with Crippen LogP contribution in [0.25, 0.3) is 0 Å². The molecule has 2 aromatic carbocycles. The lowest BCUT2D eigenvalue weighted by Gasteiger charge is -2.25. The number of carbonyl (C=O) groups is 5. The molecule has 11 nitrogen and oxygen atoms in total. The largest absolute Gasteiger partial charge is 0.467 e. The van der Waals surface area contributed by atoms with Crippen LogP contribution in [-0.2, 0) is 41.7 Å². The van der Waals surface area contributed by atoms with Crippen LogP contribution in [0, 0.1) is 0 Å². The highest BCUT2D eigenvalue weighted by molar-refractivity contribution is 5.94. The first-order chi connectivity index (χ1) is 18.9. The Morgan fingerprint density at radius 1 is 0.897 bits per heavy atom. The molecule has 0 spiro atoms. The lowest BCUT2D eigenvalue weighted by Crippen LogP contribution is -2.57. The first kappa shape index (κ1) is 29.2. The van der Waals surface area contributed by atoms with Gasteiger partial charge in [0, 0.05) is 13.0 Å². The average Bonchev–Trinajstić information content (AvgIpc) is 2.94. The van der Waals surface area contributed by atoms with Crippen LogP contribution >= 0.6 is 0 Å². The van der Waals surface area contributed by atoms with E-state index in [0.717, 1.165) is 18.2 Å². The van der Waals surface area contributed by atoms with Gasteiger partial charge in [0.1, 0.15) is 24.7 Å². The summed E-state index contributed by atoms with van der Waals surface area (Å²) in [6.07, 6.45) is 0.313. The molecule has 1 aliphatic rings. The monoisotopic (exact) mass is 538 g/mol. The molecule has 0 aromatic heterocycles. The maximum Gasteiger partial charge on any atom is 0.408 e. The molecule has 3 rings (SSSR count). The molecule has 208 valence electrons. The van der Waals surface area contributed by atoms with Crippen molar-refractivity contribution >= 4 is 29.8 Å². The number of rotatable bonds is 6. The normalized spacial score (nSPS) is 20.8. The van der Waals surface area contributed by atoms with Gasteiger partial charge in [0.15, 0.2) is 0 Å². The van der Waals surface area contributed by atoms with Crippen LogP contribution in [-0.4, -0.2) is 61.6 Å². The van der Waals surface area contributed by atoms with Crippen molar-refractivity contribution in [2.75, 3.05) is 13.7 Å². The van der Waals surface area contributed by atoms with Crippen molar-refractivity contribution in [3.05, 3.63) is 71.8 Å². The predicted octanol–water partition coefficient (Wildman–Crippen LogP) is 1.36. The summed E-state index contributed by atoms with van der Waals surface area (Å²) in [5, 5.41) is 10.6. The van der Waals surface area contributed by atoms with Crippen molar-refractivity contribution < 1.29 is 33.4 Å². The van der Waals surface area contributed by atoms with Crippen LogP contribution in [0.15, 0.2) is 60.7 Å². The molecule has 1 fully saturated rings. The third kappa shape index (κ3) is 9.76. The lowest BCUT2D eigenvalue weighted by atomic mass is 10.0. The number of benzene rings is 2. The Kier molecular flexibility index (Phi) is 11.3. The SMILES string of the molecule is COC(=O)[C@@H]1CC(=O)NCCCC[C@H](NC(=O)OCc2ccccc2)C(=O)N[C@@H](Cc2ccccc2)C(=O)N1. The van der Waals surface area contributed by atoms with Crippen molar-refractivity contribution in [3.63, 3.8) is 0 Å². The predicted molar refractivity (Wildman–Crippen MR) is 141 cm³/mol. The maximum absolute atomic E-state index is 13.3. The minimum Gasteiger partial charge on any atom is -0.467 e. The molecule has 0 radical (unpaired) electrons. The molecular weight excluding hydrogens is 504 g/mol. The minimum absolute atomic E-state index is 0.0288. The Hall–Kier alpha value is -4.41. The third-order valence-electron chi connectivity index (χ3n) is 6.17. The molecule has 1 saturated heterocycles. The fourth-order valence-corrected chi connectivity index (χ4v) is 4.07. The fraction of sp³-hybridized carbons (Fsp3) is 0.393. The van der Waals surface area contributed by atoms with E-state index in [4.69, 9.17) is 9.47 Å². The first-order valence-electron chi connectivity index (χ1n) is 12.8. The number of hydrogen-bond donors (Lipinski definition) is 4. The molecule has 39 heavy (non-hydrogen) atoms. The van der Waals surface area contributed by atoms with Gasteiger partial charge in [0.25, 0.3) is 0 Å². The zero-order valence-electron chi connectivity index (χ0n) is 21.8. The van der Waals surface area contributed by atoms with Crippen molar-refractivity contribution in [2.24, 2.45) is 0 Å². The van der Waals surface area contributed by atoms with Crippen LogP contribution in [0.5, 0.6) is 0 Å². The summed E-state index contributed by atoms with van der Waals surface area (Å²) >= 11 is 0. The fourth-order valence-electron chi connectivity index (χ4n) is 4.07. The summed E-state index contributed by atoms with van der Waals surface area (Å²) in [6, 6.07) is 14.8. The van der Waals surface area contributed by atoms with Crippen molar-refractivity contribution in [2.45, 2.75) is 56.8 Å². The zero-order valence-corrected chi connectivity index (χ0v) is 21.8. The van der Waals surface area contributed by atoms with Crippen LogP contribution in [0.3, 0.4) is 0 Å². The summed E-state index contributed by atoms with van der Waals surface area (Å²) in [5.74, 6) is -2.45. The van der Waals surface area contributed by atoms with Crippen LogP contribution in [0.2, 0.25) is 0 Å². The number of nitrogens with one attached hydrogen (secondary N) is 4. The number of methoxy groups -OCH3 is 1. The van der Waals surface area contributed by atoms with E-state index in [1.165, 1.54) is 0 Å². The van der Waals surface area contributed by atoms with E-state index in [2.05, 4.69) is 21.3 Å². The first-order valence-corrected chi connectivity index (χ1v) is 12.8. The molecule has 4 amide bonds. The van der Waals surface area contributed by atoms with E-state index in [1.807, 2.05) is 36.4 Å². The Morgan fingerprint density at radius 2 is 1.56 bits per heavy atom. The van der Waals surface area contributed by atoms with Crippen molar-refractivity contribution in [3.8, 4) is 0 Å². The smallest absolute Gasteiger partial charge is 0.408 e. The van der Waals surface area contributed by atoms with Gasteiger partial charge in [0.05, 0.1) is 13.5 Å². The Morgan fingerprint density at radius 3 is 2.23 bits per heavy atom. The van der Waals surface area contributed by atoms with E-state index in [-0.39, 0.29) is 25.9 Å². The Labute approximate surface area is 227 Å². The molecule has 0 saturated carbocycles. The Balaban J connectivity index is 1.78. The summed E-state index contributed by atoms with van der Waals surface area (Å²) in [7, 11) is 1.16. The van der Waals surface area contributed by atoms with Gasteiger partial charge in [-0.2, -0.15) is 0 Å². The summed E-state index contributed by atoms with van der Waals surface area (Å²) in [6.45, 7) is 0.324. The number of esters is 1. The number of hydrogen-bond acceptors (Lipinski definition) is 7. The highest BCUT2D eigenvalue weighted by Crippen LogP contribution is 2.09. The lowest BCUT2D eigenvalue weighted by molar-refractivity contribution is -0.147. The van der Waals surface area contributed by atoms with Crippen LogP contribution < -0.4 is 21.3 Å². The molecule has 2 aromatic rings. The van der Waals surface area contributed by atoms with Gasteiger partial charge in [-0.1, -0.05) is 60.7 Å². The van der Waals surface area contributed by atoms with E-state index < -0.39 is 47.9 Å². The number of amides is 4. The van der Waals surface area contributed by atoms with Gasteiger partial charge in [-0.05, 0) is 30.4 Å². The van der Waals surface area contributed by atoms with Gasteiger partial charge < -0.3 is 30.7 Å². The van der Waals surface area contributed by atoms with Crippen LogP contribution in [0.4, 0.5) is 4.79 Å². The second kappa shape index (κ2) is 15.1. The number of alkyl carbamates (subject to hydrolysis) is 1. The maximum atomic E-state index is 13.3. The summed E-state index contributed by atoms with van der Waals surface area (Å²) < 4.78 is 10.0. The van der Waals surface area contributed by atoms with Crippen molar-refractivity contribution in [1.29, 1.82) is 0 Å². The van der Waals surface area contributed by atoms with Crippen LogP contribution in [0.1, 0.15) is 36.8 Å². The molecule has 11 heteroatoms. The average molecular weight is 539 g/mol. The van der Waals surface area contributed by atoms with Gasteiger partial charge in [0.2, 0.25) is 17.7 Å². The third-order valence-corrected chi connectivity index (χ3v) is 6.17. The molecule has 0 unspecified atom stereocenters. The zero-order chi connectivity index (χ0) is 28.0. The summed E-state index contributed by atoms with van der Waals surface area (Å²) in [4.78, 5) is 63.9. The van der Waals surface area contributed by atoms with Crippen molar-refractivity contribution in [1.82, 2.24) is 21.3 Å². The van der Waals surface area contributed by atoms with Gasteiger partial charge in [-0.3, -0.25) is 14.4 Å². The van der Waals surface area contributed by atoms with E-state index >= 15 is 0 Å². The van der Waals surface area contributed by atoms with E-state index in [0.29, 0.717) is 19.4 Å². The molecule has 0 aliphatic carbocycles. The van der Waals surface area contributed by atoms with Gasteiger partial charge >= 0.3 is 12.1 Å². The van der Waals surface area contributed by atoms with E-state index in [9.17, 15) is 24.0 Å². The highest BCUT2D eigenvalue weighted by atomic mass is 16.5. The second-order valence-electron chi connectivity index (χ2n) is 9.14. The number of carbonyl (C=O) groups excluding carboxylic acids is 5. The Bertz CT molecular complexity index is 1130. The quantitative estimate of drug-likeness (QED) is 0.405. The second-order valence-corrected chi connectivity index (χ2v) is 9.14. The van der Waals surface area contributed by atoms with Gasteiger partial charge in [-0.25, -0.2) is 9.59 Å². The molecule has 0 bridgehead atoms. The summed E-state index contributed by atoms with van der Waals surface area (Å²) in [5.41, 5.74) is 1.55. The topological polar surface area (TPSA) is 152 Å². The molecular formula is C28H34N4O7. The standard InChI is InChI=1S/C28H34N4O7/c1-38-27(36)23-17-24(33)29-15-9-8-14-21(32-28(37)39-18-20-12-6-3-7-13-20)25(34)30-22(26(35)31-23)16-19-10-4-2-5-11-19/h2-7,10-13,21-23H,8-9,14-18H2,1H3,(H,29,33)(H,30,34)(H,31,35)(H,32,37)/t21-,22-,23-/m0/s1. The molecule has 1 aliphatic heterocycles. The van der Waals surface area contributed by atoms with E-state index in [1.54, 1.807) is 24.3 Å². The molecule has 1 heterocycles. The van der Waals surface area contributed by atoms with Gasteiger partial charge in [-0.15, -0.1) is 0 Å². The minimum atomic E-state index is -1.23. The number of ether oxygens (including phenoxy) is 2. The molecule has 4 N–H and O–H groups in total. The molecule has 3 atom stereocenters. The highest BCUT2D eigenvalue weighted by Gasteiger charge is 2.31.